The summed E-state index contributed by atoms with van der Waals surface area (Å²) in [7, 11) is 0. The molecule has 102 valence electrons. The molecule has 7 heteroatoms. The SMILES string of the molecule is CCOC(=O)c1cnn(CCCn2ccc(N)n2)c1. The number of aromatic nitrogens is 4. The number of nitrogens with two attached hydrogens (primary N) is 1. The maximum atomic E-state index is 11.5. The van der Waals surface area contributed by atoms with Gasteiger partial charge in [0.05, 0.1) is 18.4 Å². The van der Waals surface area contributed by atoms with Crippen LogP contribution in [0, 0.1) is 0 Å². The number of carbonyl (C=O) groups excluding carboxylic acids is 1. The molecule has 7 nitrogen and oxygen atoms in total. The van der Waals surface area contributed by atoms with E-state index < -0.39 is 0 Å². The highest BCUT2D eigenvalue weighted by Gasteiger charge is 2.08. The number of esters is 1. The first-order valence-corrected chi connectivity index (χ1v) is 6.17. The van der Waals surface area contributed by atoms with E-state index in [1.807, 2.05) is 6.20 Å². The molecule has 0 saturated carbocycles. The Morgan fingerprint density at radius 2 is 2.21 bits per heavy atom. The summed E-state index contributed by atoms with van der Waals surface area (Å²) in [5.41, 5.74) is 6.00. The first-order valence-electron chi connectivity index (χ1n) is 6.17. The zero-order valence-electron chi connectivity index (χ0n) is 10.8. The molecule has 2 rings (SSSR count). The lowest BCUT2D eigenvalue weighted by atomic mass is 10.4. The van der Waals surface area contributed by atoms with E-state index >= 15 is 0 Å². The molecule has 0 aliphatic rings. The number of ether oxygens (including phenoxy) is 1. The number of rotatable bonds is 6. The van der Waals surface area contributed by atoms with Gasteiger partial charge < -0.3 is 10.5 Å². The number of anilines is 1. The molecule has 0 unspecified atom stereocenters. The minimum atomic E-state index is -0.339. The highest BCUT2D eigenvalue weighted by molar-refractivity contribution is 5.88. The van der Waals surface area contributed by atoms with Gasteiger partial charge in [0.2, 0.25) is 0 Å². The number of hydrogen-bond donors (Lipinski definition) is 1. The van der Waals surface area contributed by atoms with Crippen molar-refractivity contribution >= 4 is 11.8 Å². The third-order valence-corrected chi connectivity index (χ3v) is 2.58. The van der Waals surface area contributed by atoms with Gasteiger partial charge in [0.1, 0.15) is 5.82 Å². The molecule has 0 spiro atoms. The van der Waals surface area contributed by atoms with Crippen LogP contribution in [0.15, 0.2) is 24.7 Å². The summed E-state index contributed by atoms with van der Waals surface area (Å²) in [6, 6.07) is 1.76. The maximum absolute atomic E-state index is 11.5. The Morgan fingerprint density at radius 3 is 2.89 bits per heavy atom. The van der Waals surface area contributed by atoms with Crippen LogP contribution in [-0.4, -0.2) is 32.1 Å². The van der Waals surface area contributed by atoms with Gasteiger partial charge in [-0.3, -0.25) is 9.36 Å². The van der Waals surface area contributed by atoms with Crippen molar-refractivity contribution in [1.82, 2.24) is 19.6 Å². The van der Waals surface area contributed by atoms with Crippen molar-refractivity contribution in [1.29, 1.82) is 0 Å². The van der Waals surface area contributed by atoms with E-state index in [0.717, 1.165) is 13.0 Å². The van der Waals surface area contributed by atoms with E-state index in [1.165, 1.54) is 6.20 Å². The van der Waals surface area contributed by atoms with Gasteiger partial charge in [-0.25, -0.2) is 4.79 Å². The van der Waals surface area contributed by atoms with E-state index in [0.29, 0.717) is 24.5 Å². The van der Waals surface area contributed by atoms with E-state index in [-0.39, 0.29) is 5.97 Å². The molecule has 2 aromatic heterocycles. The van der Waals surface area contributed by atoms with Crippen LogP contribution in [0.1, 0.15) is 23.7 Å². The van der Waals surface area contributed by atoms with Gasteiger partial charge in [0, 0.05) is 25.5 Å². The van der Waals surface area contributed by atoms with Crippen LogP contribution < -0.4 is 5.73 Å². The molecular formula is C12H17N5O2. The molecule has 2 aromatic rings. The van der Waals surface area contributed by atoms with Crippen molar-refractivity contribution in [3.05, 3.63) is 30.2 Å². The highest BCUT2D eigenvalue weighted by atomic mass is 16.5. The van der Waals surface area contributed by atoms with Crippen LogP contribution in [0.4, 0.5) is 5.82 Å². The van der Waals surface area contributed by atoms with E-state index in [4.69, 9.17) is 10.5 Å². The van der Waals surface area contributed by atoms with E-state index in [2.05, 4.69) is 10.2 Å². The molecule has 0 aliphatic heterocycles. The Hall–Kier alpha value is -2.31. The van der Waals surface area contributed by atoms with Crippen LogP contribution in [-0.2, 0) is 17.8 Å². The number of nitrogen functional groups attached to an aromatic ring is 1. The second kappa shape index (κ2) is 6.03. The highest BCUT2D eigenvalue weighted by Crippen LogP contribution is 2.03. The lowest BCUT2D eigenvalue weighted by molar-refractivity contribution is 0.0526. The number of hydrogen-bond acceptors (Lipinski definition) is 5. The van der Waals surface area contributed by atoms with E-state index in [1.54, 1.807) is 28.6 Å². The molecule has 0 saturated heterocycles. The van der Waals surface area contributed by atoms with Gasteiger partial charge in [0.15, 0.2) is 0 Å². The summed E-state index contributed by atoms with van der Waals surface area (Å²) in [5, 5.41) is 8.21. The van der Waals surface area contributed by atoms with Crippen LogP contribution in [0.3, 0.4) is 0 Å². The standard InChI is InChI=1S/C12H17N5O2/c1-2-19-12(18)10-8-14-17(9-10)6-3-5-16-7-4-11(13)15-16/h4,7-9H,2-3,5-6H2,1H3,(H2,13,15). The van der Waals surface area contributed by atoms with Gasteiger partial charge in [0.25, 0.3) is 0 Å². The van der Waals surface area contributed by atoms with Gasteiger partial charge in [-0.2, -0.15) is 10.2 Å². The molecule has 0 amide bonds. The largest absolute Gasteiger partial charge is 0.462 e. The zero-order chi connectivity index (χ0) is 13.7. The monoisotopic (exact) mass is 263 g/mol. The molecule has 0 aliphatic carbocycles. The zero-order valence-corrected chi connectivity index (χ0v) is 10.8. The predicted octanol–water partition coefficient (Wildman–Crippen LogP) is 0.929. The Balaban J connectivity index is 1.81. The normalized spacial score (nSPS) is 10.6. The average Bonchev–Trinajstić information content (AvgIpc) is 2.99. The summed E-state index contributed by atoms with van der Waals surface area (Å²) in [5.74, 6) is 0.178. The van der Waals surface area contributed by atoms with Crippen LogP contribution in [0.25, 0.3) is 0 Å². The summed E-state index contributed by atoms with van der Waals surface area (Å²) < 4.78 is 8.40. The molecule has 2 heterocycles. The van der Waals surface area contributed by atoms with Crippen molar-refractivity contribution in [3.8, 4) is 0 Å². The van der Waals surface area contributed by atoms with Crippen LogP contribution in [0.2, 0.25) is 0 Å². The van der Waals surface area contributed by atoms with E-state index in [9.17, 15) is 4.79 Å². The summed E-state index contributed by atoms with van der Waals surface area (Å²) >= 11 is 0. The summed E-state index contributed by atoms with van der Waals surface area (Å²) in [6.07, 6.45) is 5.90. The van der Waals surface area contributed by atoms with Crippen molar-refractivity contribution in [2.45, 2.75) is 26.4 Å². The fraction of sp³-hybridized carbons (Fsp3) is 0.417. The van der Waals surface area contributed by atoms with Gasteiger partial charge in [-0.05, 0) is 19.4 Å². The first-order chi connectivity index (χ1) is 9.19. The number of aryl methyl sites for hydroxylation is 2. The van der Waals surface area contributed by atoms with Crippen molar-refractivity contribution in [2.75, 3.05) is 12.3 Å². The van der Waals surface area contributed by atoms with Gasteiger partial charge in [-0.1, -0.05) is 0 Å². The third-order valence-electron chi connectivity index (χ3n) is 2.58. The summed E-state index contributed by atoms with van der Waals surface area (Å²) in [4.78, 5) is 11.5. The first kappa shape index (κ1) is 13.1. The fourth-order valence-electron chi connectivity index (χ4n) is 1.70. The number of carbonyl (C=O) groups is 1. The third kappa shape index (κ3) is 3.57. The Morgan fingerprint density at radius 1 is 1.42 bits per heavy atom. The molecular weight excluding hydrogens is 246 g/mol. The molecule has 0 fully saturated rings. The fourth-order valence-corrected chi connectivity index (χ4v) is 1.70. The smallest absolute Gasteiger partial charge is 0.341 e. The van der Waals surface area contributed by atoms with Crippen molar-refractivity contribution < 1.29 is 9.53 Å². The van der Waals surface area contributed by atoms with Gasteiger partial charge in [-0.15, -0.1) is 0 Å². The molecule has 0 radical (unpaired) electrons. The quantitative estimate of drug-likeness (QED) is 0.783. The summed E-state index contributed by atoms with van der Waals surface area (Å²) in [6.45, 7) is 3.60. The molecule has 19 heavy (non-hydrogen) atoms. The van der Waals surface area contributed by atoms with Crippen molar-refractivity contribution in [3.63, 3.8) is 0 Å². The second-order valence-corrected chi connectivity index (χ2v) is 4.07. The maximum Gasteiger partial charge on any atom is 0.341 e. The average molecular weight is 263 g/mol. The van der Waals surface area contributed by atoms with Crippen molar-refractivity contribution in [2.24, 2.45) is 0 Å². The molecule has 0 bridgehead atoms. The molecule has 0 aromatic carbocycles. The Kier molecular flexibility index (Phi) is 4.17. The van der Waals surface area contributed by atoms with Crippen LogP contribution >= 0.6 is 0 Å². The topological polar surface area (TPSA) is 88.0 Å². The second-order valence-electron chi connectivity index (χ2n) is 4.07. The predicted molar refractivity (Wildman–Crippen MR) is 69.4 cm³/mol. The minimum absolute atomic E-state index is 0.339. The lowest BCUT2D eigenvalue weighted by Gasteiger charge is -2.02. The number of nitrogens with zero attached hydrogens (tertiary/aromatic N) is 4. The van der Waals surface area contributed by atoms with Gasteiger partial charge >= 0.3 is 5.97 Å². The Bertz CT molecular complexity index is 546. The van der Waals surface area contributed by atoms with Crippen LogP contribution in [0.5, 0.6) is 0 Å². The molecule has 2 N–H and O–H groups in total. The minimum Gasteiger partial charge on any atom is -0.462 e. The Labute approximate surface area is 111 Å². The molecule has 0 atom stereocenters. The lowest BCUT2D eigenvalue weighted by Crippen LogP contribution is -2.06.